The van der Waals surface area contributed by atoms with Crippen LogP contribution in [0.15, 0.2) is 0 Å². The van der Waals surface area contributed by atoms with Crippen LogP contribution < -0.4 is 0 Å². The van der Waals surface area contributed by atoms with E-state index < -0.39 is 0 Å². The number of fused-ring (bicyclic) bond motifs is 5. The predicted octanol–water partition coefficient (Wildman–Crippen LogP) is 4.39. The van der Waals surface area contributed by atoms with E-state index in [9.17, 15) is 10.2 Å². The first kappa shape index (κ1) is 16.4. The fraction of sp³-hybridized carbons (Fsp3) is 1.00. The minimum atomic E-state index is -0.126. The first-order chi connectivity index (χ1) is 10.7. The number of aliphatic hydroxyl groups excluding tert-OH is 2. The van der Waals surface area contributed by atoms with Crippen LogP contribution in [0, 0.1) is 39.9 Å². The molecular formula is C21H36O2. The molecule has 4 fully saturated rings. The van der Waals surface area contributed by atoms with Gasteiger partial charge in [0.25, 0.3) is 0 Å². The van der Waals surface area contributed by atoms with Gasteiger partial charge < -0.3 is 10.2 Å². The molecule has 0 aromatic rings. The standard InChI is InChI=1S/C21H36O2/c1-19(2)16-7-5-13-14-6-8-18(23)21(14,4)11-9-15(13)20(16,3)12-10-17(19)22/h13-18,22-23H,5-12H2,1-4H3/t13-,14-,15-,16-,17-,18+,20+,21-/m0/s1. The van der Waals surface area contributed by atoms with Crippen molar-refractivity contribution in [3.63, 3.8) is 0 Å². The third-order valence-corrected chi connectivity index (χ3v) is 9.53. The lowest BCUT2D eigenvalue weighted by Crippen LogP contribution is -2.59. The van der Waals surface area contributed by atoms with Crippen molar-refractivity contribution in [1.29, 1.82) is 0 Å². The van der Waals surface area contributed by atoms with Gasteiger partial charge >= 0.3 is 0 Å². The average molecular weight is 321 g/mol. The average Bonchev–Trinajstić information content (AvgIpc) is 2.79. The van der Waals surface area contributed by atoms with E-state index in [-0.39, 0.29) is 23.0 Å². The molecule has 0 amide bonds. The Balaban J connectivity index is 1.67. The van der Waals surface area contributed by atoms with Crippen LogP contribution in [0.25, 0.3) is 0 Å². The second kappa shape index (κ2) is 4.97. The predicted molar refractivity (Wildman–Crippen MR) is 92.9 cm³/mol. The molecule has 23 heavy (non-hydrogen) atoms. The molecule has 0 radical (unpaired) electrons. The SMILES string of the molecule is CC1(C)[C@@H](O)CC[C@]2(C)[C@H]3CC[C@]4(C)[C@H](O)CC[C@H]4[C@@H]3CC[C@@H]12. The first-order valence-corrected chi connectivity index (χ1v) is 10.1. The van der Waals surface area contributed by atoms with Crippen LogP contribution in [-0.4, -0.2) is 22.4 Å². The summed E-state index contributed by atoms with van der Waals surface area (Å²) in [6.07, 6.45) is 9.38. The molecule has 4 aliphatic rings. The van der Waals surface area contributed by atoms with E-state index in [1.54, 1.807) is 0 Å². The van der Waals surface area contributed by atoms with E-state index in [2.05, 4.69) is 27.7 Å². The molecule has 8 atom stereocenters. The Kier molecular flexibility index (Phi) is 3.54. The molecule has 0 aromatic carbocycles. The zero-order valence-electron chi connectivity index (χ0n) is 15.5. The highest BCUT2D eigenvalue weighted by Crippen LogP contribution is 2.68. The molecule has 0 saturated heterocycles. The van der Waals surface area contributed by atoms with Gasteiger partial charge in [-0.25, -0.2) is 0 Å². The minimum absolute atomic E-state index is 0.0634. The largest absolute Gasteiger partial charge is 0.393 e. The summed E-state index contributed by atoms with van der Waals surface area (Å²) >= 11 is 0. The van der Waals surface area contributed by atoms with Gasteiger partial charge in [-0.05, 0) is 91.3 Å². The Morgan fingerprint density at radius 1 is 0.652 bits per heavy atom. The van der Waals surface area contributed by atoms with Gasteiger partial charge in [-0.2, -0.15) is 0 Å². The molecule has 0 heterocycles. The molecule has 0 bridgehead atoms. The van der Waals surface area contributed by atoms with Gasteiger partial charge in [-0.15, -0.1) is 0 Å². The summed E-state index contributed by atoms with van der Waals surface area (Å²) in [5, 5.41) is 21.1. The third-order valence-electron chi connectivity index (χ3n) is 9.53. The van der Waals surface area contributed by atoms with Crippen LogP contribution >= 0.6 is 0 Å². The van der Waals surface area contributed by atoms with Gasteiger partial charge in [0, 0.05) is 0 Å². The van der Waals surface area contributed by atoms with E-state index in [1.165, 1.54) is 38.5 Å². The molecule has 2 N–H and O–H groups in total. The summed E-state index contributed by atoms with van der Waals surface area (Å²) in [6.45, 7) is 9.55. The van der Waals surface area contributed by atoms with Gasteiger partial charge in [-0.3, -0.25) is 0 Å². The zero-order valence-corrected chi connectivity index (χ0v) is 15.5. The summed E-state index contributed by atoms with van der Waals surface area (Å²) in [7, 11) is 0. The smallest absolute Gasteiger partial charge is 0.0596 e. The van der Waals surface area contributed by atoms with Crippen LogP contribution in [0.5, 0.6) is 0 Å². The fourth-order valence-electron chi connectivity index (χ4n) is 8.06. The summed E-state index contributed by atoms with van der Waals surface area (Å²) in [4.78, 5) is 0. The molecule has 0 spiro atoms. The first-order valence-electron chi connectivity index (χ1n) is 10.1. The van der Waals surface area contributed by atoms with Crippen LogP contribution in [0.2, 0.25) is 0 Å². The van der Waals surface area contributed by atoms with E-state index in [4.69, 9.17) is 0 Å². The maximum atomic E-state index is 10.6. The van der Waals surface area contributed by atoms with E-state index in [1.807, 2.05) is 0 Å². The quantitative estimate of drug-likeness (QED) is 0.695. The molecule has 0 aliphatic heterocycles. The normalized spacial score (nSPS) is 58.2. The van der Waals surface area contributed by atoms with Gasteiger partial charge in [0.2, 0.25) is 0 Å². The monoisotopic (exact) mass is 320 g/mol. The Hall–Kier alpha value is -0.0800. The van der Waals surface area contributed by atoms with Gasteiger partial charge in [0.1, 0.15) is 0 Å². The second-order valence-corrected chi connectivity index (χ2v) is 10.5. The highest BCUT2D eigenvalue weighted by atomic mass is 16.3. The van der Waals surface area contributed by atoms with Gasteiger partial charge in [0.05, 0.1) is 12.2 Å². The zero-order chi connectivity index (χ0) is 16.6. The van der Waals surface area contributed by atoms with Gasteiger partial charge in [-0.1, -0.05) is 27.7 Å². The van der Waals surface area contributed by atoms with Crippen molar-refractivity contribution in [2.45, 2.75) is 91.3 Å². The molecule has 2 heteroatoms. The van der Waals surface area contributed by atoms with Crippen molar-refractivity contribution in [2.75, 3.05) is 0 Å². The van der Waals surface area contributed by atoms with E-state index >= 15 is 0 Å². The molecule has 4 aliphatic carbocycles. The summed E-state index contributed by atoms with van der Waals surface area (Å²) < 4.78 is 0. The van der Waals surface area contributed by atoms with E-state index in [0.717, 1.165) is 30.6 Å². The van der Waals surface area contributed by atoms with Crippen LogP contribution in [-0.2, 0) is 0 Å². The van der Waals surface area contributed by atoms with Crippen LogP contribution in [0.4, 0.5) is 0 Å². The maximum absolute atomic E-state index is 10.6. The summed E-state index contributed by atoms with van der Waals surface area (Å²) in [5.74, 6) is 3.04. The fourth-order valence-corrected chi connectivity index (χ4v) is 8.06. The van der Waals surface area contributed by atoms with Crippen molar-refractivity contribution in [3.8, 4) is 0 Å². The highest BCUT2D eigenvalue weighted by molar-refractivity contribution is 5.12. The van der Waals surface area contributed by atoms with Crippen molar-refractivity contribution < 1.29 is 10.2 Å². The van der Waals surface area contributed by atoms with Crippen LogP contribution in [0.3, 0.4) is 0 Å². The minimum Gasteiger partial charge on any atom is -0.393 e. The molecule has 4 saturated carbocycles. The summed E-state index contributed by atoms with van der Waals surface area (Å²) in [6, 6.07) is 0. The molecular weight excluding hydrogens is 284 g/mol. The second-order valence-electron chi connectivity index (χ2n) is 10.5. The van der Waals surface area contributed by atoms with Crippen molar-refractivity contribution in [1.82, 2.24) is 0 Å². The van der Waals surface area contributed by atoms with Crippen molar-refractivity contribution >= 4 is 0 Å². The molecule has 4 rings (SSSR count). The number of hydrogen-bond donors (Lipinski definition) is 2. The molecule has 0 aromatic heterocycles. The van der Waals surface area contributed by atoms with E-state index in [0.29, 0.717) is 11.3 Å². The maximum Gasteiger partial charge on any atom is 0.0596 e. The molecule has 132 valence electrons. The van der Waals surface area contributed by atoms with Crippen LogP contribution in [0.1, 0.15) is 79.1 Å². The van der Waals surface area contributed by atoms with Crippen molar-refractivity contribution in [3.05, 3.63) is 0 Å². The lowest BCUT2D eigenvalue weighted by atomic mass is 9.41. The topological polar surface area (TPSA) is 40.5 Å². The Morgan fingerprint density at radius 2 is 1.30 bits per heavy atom. The van der Waals surface area contributed by atoms with Crippen molar-refractivity contribution in [2.24, 2.45) is 39.9 Å². The number of aliphatic hydroxyl groups is 2. The lowest BCUT2D eigenvalue weighted by Gasteiger charge is -2.64. The molecule has 0 unspecified atom stereocenters. The Bertz CT molecular complexity index is 486. The number of rotatable bonds is 0. The Labute approximate surface area is 142 Å². The van der Waals surface area contributed by atoms with Gasteiger partial charge in [0.15, 0.2) is 0 Å². The lowest BCUT2D eigenvalue weighted by molar-refractivity contribution is -0.180. The number of hydrogen-bond acceptors (Lipinski definition) is 2. The highest BCUT2D eigenvalue weighted by Gasteiger charge is 2.62. The third kappa shape index (κ3) is 2.00. The molecule has 2 nitrogen and oxygen atoms in total. The Morgan fingerprint density at radius 3 is 2.04 bits per heavy atom. The summed E-state index contributed by atoms with van der Waals surface area (Å²) in [5.41, 5.74) is 0.655.